The highest BCUT2D eigenvalue weighted by molar-refractivity contribution is 6.30. The molecule has 1 atom stereocenters. The summed E-state index contributed by atoms with van der Waals surface area (Å²) in [5.41, 5.74) is 3.07. The van der Waals surface area contributed by atoms with Gasteiger partial charge in [0, 0.05) is 19.3 Å². The van der Waals surface area contributed by atoms with Crippen LogP contribution in [0.3, 0.4) is 0 Å². The molecule has 3 rings (SSSR count). The van der Waals surface area contributed by atoms with E-state index in [4.69, 9.17) is 21.1 Å². The number of nitrogens with zero attached hydrogens (tertiary/aromatic N) is 2. The molecule has 0 amide bonds. The quantitative estimate of drug-likeness (QED) is 0.465. The highest BCUT2D eigenvalue weighted by Crippen LogP contribution is 2.34. The van der Waals surface area contributed by atoms with Crippen molar-refractivity contribution in [1.29, 1.82) is 0 Å². The smallest absolute Gasteiger partial charge is 0.320 e. The van der Waals surface area contributed by atoms with Crippen LogP contribution in [0, 0.1) is 11.8 Å². The lowest BCUT2D eigenvalue weighted by atomic mass is 9.87. The second-order valence-electron chi connectivity index (χ2n) is 7.35. The van der Waals surface area contributed by atoms with E-state index in [-0.39, 0.29) is 19.1 Å². The second kappa shape index (κ2) is 10.4. The van der Waals surface area contributed by atoms with Crippen molar-refractivity contribution in [2.45, 2.75) is 33.2 Å². The van der Waals surface area contributed by atoms with Crippen LogP contribution in [0.25, 0.3) is 0 Å². The topological polar surface area (TPSA) is 68.7 Å². The highest BCUT2D eigenvalue weighted by Gasteiger charge is 2.35. The van der Waals surface area contributed by atoms with Gasteiger partial charge >= 0.3 is 11.9 Å². The molecule has 0 saturated heterocycles. The largest absolute Gasteiger partial charge is 0.465 e. The van der Waals surface area contributed by atoms with Crippen LogP contribution in [0.4, 0.5) is 5.69 Å². The van der Waals surface area contributed by atoms with Crippen molar-refractivity contribution in [2.24, 2.45) is 11.8 Å². The molecule has 1 aliphatic heterocycles. The molecule has 0 saturated carbocycles. The number of anilines is 1. The number of hydrogen-bond donors (Lipinski definition) is 0. The number of fused-ring (bicyclic) bond motifs is 1. The van der Waals surface area contributed by atoms with Gasteiger partial charge in [-0.1, -0.05) is 41.9 Å². The molecule has 0 fully saturated rings. The fourth-order valence-corrected chi connectivity index (χ4v) is 4.01. The monoisotopic (exact) mass is 430 g/mol. The zero-order valence-corrected chi connectivity index (χ0v) is 18.1. The Morgan fingerprint density at radius 3 is 2.47 bits per heavy atom. The first-order valence-electron chi connectivity index (χ1n) is 10.3. The summed E-state index contributed by atoms with van der Waals surface area (Å²) in [4.78, 5) is 31.6. The molecule has 0 spiro atoms. The van der Waals surface area contributed by atoms with Gasteiger partial charge in [0.2, 0.25) is 0 Å². The lowest BCUT2D eigenvalue weighted by molar-refractivity contribution is -0.162. The van der Waals surface area contributed by atoms with Crippen LogP contribution >= 0.6 is 11.6 Å². The number of benzene rings is 1. The number of aromatic nitrogens is 1. The number of esters is 2. The Labute approximate surface area is 182 Å². The van der Waals surface area contributed by atoms with Crippen molar-refractivity contribution in [3.05, 3.63) is 58.9 Å². The number of ether oxygens (including phenoxy) is 2. The Morgan fingerprint density at radius 2 is 1.83 bits per heavy atom. The lowest BCUT2D eigenvalue weighted by Crippen LogP contribution is -2.39. The third kappa shape index (κ3) is 5.51. The van der Waals surface area contributed by atoms with E-state index in [1.165, 1.54) is 0 Å². The van der Waals surface area contributed by atoms with Crippen molar-refractivity contribution in [3.8, 4) is 0 Å². The first-order chi connectivity index (χ1) is 14.5. The molecule has 2 heterocycles. The number of halogens is 1. The van der Waals surface area contributed by atoms with Crippen molar-refractivity contribution >= 4 is 29.2 Å². The maximum Gasteiger partial charge on any atom is 0.320 e. The molecular weight excluding hydrogens is 404 g/mol. The SMILES string of the molecule is CCOC(=O)C(C[C@H]1Cc2ncc(Cl)cc2N(Cc2ccccc2)C1)C(=O)OCC. The van der Waals surface area contributed by atoms with Crippen molar-refractivity contribution in [3.63, 3.8) is 0 Å². The molecule has 0 radical (unpaired) electrons. The summed E-state index contributed by atoms with van der Waals surface area (Å²) in [6.45, 7) is 5.28. The zero-order valence-electron chi connectivity index (χ0n) is 17.3. The first kappa shape index (κ1) is 22.1. The Balaban J connectivity index is 1.83. The van der Waals surface area contributed by atoms with E-state index in [1.54, 1.807) is 20.0 Å². The fourth-order valence-electron chi connectivity index (χ4n) is 3.86. The fraction of sp³-hybridized carbons (Fsp3) is 0.435. The lowest BCUT2D eigenvalue weighted by Gasteiger charge is -2.36. The van der Waals surface area contributed by atoms with Gasteiger partial charge in [-0.25, -0.2) is 0 Å². The Hall–Kier alpha value is -2.60. The maximum absolute atomic E-state index is 12.4. The van der Waals surface area contributed by atoms with Crippen LogP contribution in [0.2, 0.25) is 5.02 Å². The van der Waals surface area contributed by atoms with E-state index in [0.29, 0.717) is 31.0 Å². The van der Waals surface area contributed by atoms with Crippen LogP contribution in [0.15, 0.2) is 42.6 Å². The number of rotatable bonds is 8. The van der Waals surface area contributed by atoms with Crippen LogP contribution in [-0.2, 0) is 32.0 Å². The first-order valence-corrected chi connectivity index (χ1v) is 10.7. The van der Waals surface area contributed by atoms with Gasteiger partial charge in [0.15, 0.2) is 5.92 Å². The third-order valence-electron chi connectivity index (χ3n) is 5.14. The molecule has 2 aromatic rings. The summed E-state index contributed by atoms with van der Waals surface area (Å²) in [6.07, 6.45) is 2.65. The standard InChI is InChI=1S/C23H27ClN2O4/c1-3-29-22(27)19(23(28)30-4-2)10-17-11-20-21(12-18(24)13-25-20)26(15-17)14-16-8-6-5-7-9-16/h5-9,12-13,17,19H,3-4,10-11,14-15H2,1-2H3/t17-/m0/s1. The molecule has 1 aromatic carbocycles. The van der Waals surface area contributed by atoms with Crippen LogP contribution < -0.4 is 4.90 Å². The Kier molecular flexibility index (Phi) is 7.69. The van der Waals surface area contributed by atoms with Gasteiger partial charge in [-0.05, 0) is 44.2 Å². The average molecular weight is 431 g/mol. The molecule has 0 N–H and O–H groups in total. The third-order valence-corrected chi connectivity index (χ3v) is 5.35. The molecular formula is C23H27ClN2O4. The Morgan fingerprint density at radius 1 is 1.17 bits per heavy atom. The minimum Gasteiger partial charge on any atom is -0.465 e. The number of carbonyl (C=O) groups excluding carboxylic acids is 2. The van der Waals surface area contributed by atoms with E-state index >= 15 is 0 Å². The van der Waals surface area contributed by atoms with Crippen LogP contribution in [0.5, 0.6) is 0 Å². The van der Waals surface area contributed by atoms with Gasteiger partial charge in [0.05, 0.1) is 29.6 Å². The summed E-state index contributed by atoms with van der Waals surface area (Å²) >= 11 is 6.21. The van der Waals surface area contributed by atoms with Crippen molar-refractivity contribution < 1.29 is 19.1 Å². The number of pyridine rings is 1. The second-order valence-corrected chi connectivity index (χ2v) is 7.78. The Bertz CT molecular complexity index is 857. The summed E-state index contributed by atoms with van der Waals surface area (Å²) < 4.78 is 10.3. The van der Waals surface area contributed by atoms with E-state index in [0.717, 1.165) is 16.9 Å². The van der Waals surface area contributed by atoms with Crippen molar-refractivity contribution in [2.75, 3.05) is 24.7 Å². The minimum absolute atomic E-state index is 0.0497. The summed E-state index contributed by atoms with van der Waals surface area (Å²) in [6, 6.07) is 12.1. The summed E-state index contributed by atoms with van der Waals surface area (Å²) in [7, 11) is 0. The molecule has 1 aromatic heterocycles. The van der Waals surface area contributed by atoms with Crippen molar-refractivity contribution in [1.82, 2.24) is 4.98 Å². The normalized spacial score (nSPS) is 15.6. The average Bonchev–Trinajstić information content (AvgIpc) is 2.73. The van der Waals surface area contributed by atoms with Gasteiger partial charge in [-0.15, -0.1) is 0 Å². The molecule has 6 nitrogen and oxygen atoms in total. The van der Waals surface area contributed by atoms with Crippen LogP contribution in [0.1, 0.15) is 31.5 Å². The van der Waals surface area contributed by atoms with Gasteiger partial charge < -0.3 is 14.4 Å². The molecule has 160 valence electrons. The molecule has 7 heteroatoms. The molecule has 0 unspecified atom stereocenters. The van der Waals surface area contributed by atoms with Gasteiger partial charge in [-0.2, -0.15) is 0 Å². The number of hydrogen-bond acceptors (Lipinski definition) is 6. The van der Waals surface area contributed by atoms with Gasteiger partial charge in [-0.3, -0.25) is 14.6 Å². The molecule has 0 aliphatic carbocycles. The molecule has 1 aliphatic rings. The highest BCUT2D eigenvalue weighted by atomic mass is 35.5. The van der Waals surface area contributed by atoms with E-state index in [1.807, 2.05) is 24.3 Å². The van der Waals surface area contributed by atoms with E-state index in [9.17, 15) is 9.59 Å². The predicted octanol–water partition coefficient (Wildman–Crippen LogP) is 4.05. The zero-order chi connectivity index (χ0) is 21.5. The van der Waals surface area contributed by atoms with Crippen LogP contribution in [-0.4, -0.2) is 36.7 Å². The van der Waals surface area contributed by atoms with Gasteiger partial charge in [0.25, 0.3) is 0 Å². The number of carbonyl (C=O) groups is 2. The van der Waals surface area contributed by atoms with Gasteiger partial charge in [0.1, 0.15) is 0 Å². The van der Waals surface area contributed by atoms with E-state index in [2.05, 4.69) is 22.0 Å². The molecule has 30 heavy (non-hydrogen) atoms. The summed E-state index contributed by atoms with van der Waals surface area (Å²) in [5.74, 6) is -1.93. The predicted molar refractivity (Wildman–Crippen MR) is 115 cm³/mol. The minimum atomic E-state index is -0.928. The van der Waals surface area contributed by atoms with E-state index < -0.39 is 17.9 Å². The molecule has 0 bridgehead atoms. The maximum atomic E-state index is 12.4. The summed E-state index contributed by atoms with van der Waals surface area (Å²) in [5, 5.41) is 0.584.